The van der Waals surface area contributed by atoms with Crippen molar-refractivity contribution < 1.29 is 19.1 Å². The Bertz CT molecular complexity index is 549. The number of carbonyl (C=O) groups excluding carboxylic acids is 2. The molecule has 0 aromatic heterocycles. The maximum Gasteiger partial charge on any atom is 0.339 e. The molecule has 0 saturated heterocycles. The van der Waals surface area contributed by atoms with Crippen LogP contribution in [0, 0.1) is 0 Å². The molecule has 3 rings (SSSR count). The molecule has 1 spiro atoms. The van der Waals surface area contributed by atoms with Crippen molar-refractivity contribution >= 4 is 11.8 Å². The summed E-state index contributed by atoms with van der Waals surface area (Å²) in [5.74, 6) is 0.463. The van der Waals surface area contributed by atoms with Gasteiger partial charge in [0, 0.05) is 12.0 Å². The monoisotopic (exact) mass is 260 g/mol. The highest BCUT2D eigenvalue weighted by molar-refractivity contribution is 5.96. The van der Waals surface area contributed by atoms with Gasteiger partial charge in [-0.3, -0.25) is 4.79 Å². The molecule has 1 aromatic rings. The van der Waals surface area contributed by atoms with E-state index >= 15 is 0 Å². The Morgan fingerprint density at radius 3 is 2.89 bits per heavy atom. The summed E-state index contributed by atoms with van der Waals surface area (Å²) in [6.07, 6.45) is 3.40. The molecule has 4 nitrogen and oxygen atoms in total. The van der Waals surface area contributed by atoms with E-state index in [2.05, 4.69) is 0 Å². The molecular weight excluding hydrogens is 244 g/mol. The van der Waals surface area contributed by atoms with E-state index in [9.17, 15) is 9.59 Å². The van der Waals surface area contributed by atoms with Gasteiger partial charge in [0.15, 0.2) is 0 Å². The Kier molecular flexibility index (Phi) is 2.81. The third kappa shape index (κ3) is 1.91. The zero-order valence-corrected chi connectivity index (χ0v) is 10.9. The minimum absolute atomic E-state index is 0.175. The molecule has 1 atom stereocenters. The molecule has 1 unspecified atom stereocenters. The number of ether oxygens (including phenoxy) is 2. The number of esters is 1. The zero-order valence-electron chi connectivity index (χ0n) is 10.9. The predicted molar refractivity (Wildman–Crippen MR) is 68.2 cm³/mol. The van der Waals surface area contributed by atoms with Gasteiger partial charge in [-0.15, -0.1) is 0 Å². The second-order valence-corrected chi connectivity index (χ2v) is 5.22. The van der Waals surface area contributed by atoms with Gasteiger partial charge in [-0.2, -0.15) is 0 Å². The van der Waals surface area contributed by atoms with Gasteiger partial charge in [-0.1, -0.05) is 6.07 Å². The van der Waals surface area contributed by atoms with E-state index in [0.717, 1.165) is 24.8 Å². The van der Waals surface area contributed by atoms with Crippen LogP contribution in [-0.4, -0.2) is 18.9 Å². The number of ketones is 1. The van der Waals surface area contributed by atoms with E-state index in [-0.39, 0.29) is 11.8 Å². The lowest BCUT2D eigenvalue weighted by molar-refractivity contribution is -0.123. The van der Waals surface area contributed by atoms with Crippen LogP contribution in [-0.2, 0) is 15.1 Å². The molecular formula is C15H16O4. The number of hydrogen-bond donors (Lipinski definition) is 0. The second-order valence-electron chi connectivity index (χ2n) is 5.22. The van der Waals surface area contributed by atoms with Crippen molar-refractivity contribution in [2.24, 2.45) is 0 Å². The van der Waals surface area contributed by atoms with Gasteiger partial charge in [0.25, 0.3) is 0 Å². The van der Waals surface area contributed by atoms with Crippen LogP contribution in [0.4, 0.5) is 0 Å². The van der Waals surface area contributed by atoms with Crippen LogP contribution in [0.25, 0.3) is 0 Å². The first-order valence-electron chi connectivity index (χ1n) is 6.58. The predicted octanol–water partition coefficient (Wildman–Crippen LogP) is 2.59. The largest absolute Gasteiger partial charge is 0.497 e. The summed E-state index contributed by atoms with van der Waals surface area (Å²) in [5.41, 5.74) is 0.648. The summed E-state index contributed by atoms with van der Waals surface area (Å²) in [5, 5.41) is 0. The van der Waals surface area contributed by atoms with Crippen molar-refractivity contribution in [1.29, 1.82) is 0 Å². The van der Waals surface area contributed by atoms with Gasteiger partial charge in [-0.25, -0.2) is 4.79 Å². The van der Waals surface area contributed by atoms with Crippen LogP contribution < -0.4 is 4.74 Å². The zero-order chi connectivity index (χ0) is 13.5. The van der Waals surface area contributed by atoms with Crippen LogP contribution in [0.3, 0.4) is 0 Å². The van der Waals surface area contributed by atoms with Gasteiger partial charge in [-0.05, 0) is 31.4 Å². The maximum absolute atomic E-state index is 12.0. The highest BCUT2D eigenvalue weighted by atomic mass is 16.6. The van der Waals surface area contributed by atoms with Gasteiger partial charge in [0.05, 0.1) is 19.1 Å². The highest BCUT2D eigenvalue weighted by Gasteiger charge is 2.47. The fraction of sp³-hybridized carbons (Fsp3) is 0.467. The second kappa shape index (κ2) is 4.37. The average Bonchev–Trinajstić information content (AvgIpc) is 2.55. The Morgan fingerprint density at radius 2 is 2.11 bits per heavy atom. The van der Waals surface area contributed by atoms with E-state index in [4.69, 9.17) is 9.47 Å². The number of carbonyl (C=O) groups is 2. The number of Topliss-reactive ketones (excluding diaryl/α,β-unsaturated/α-hetero) is 1. The fourth-order valence-corrected chi connectivity index (χ4v) is 3.05. The molecule has 19 heavy (non-hydrogen) atoms. The first-order chi connectivity index (χ1) is 9.14. The van der Waals surface area contributed by atoms with E-state index in [0.29, 0.717) is 24.2 Å². The van der Waals surface area contributed by atoms with E-state index < -0.39 is 5.60 Å². The molecule has 1 aliphatic heterocycles. The van der Waals surface area contributed by atoms with Crippen LogP contribution in [0.15, 0.2) is 18.2 Å². The average molecular weight is 260 g/mol. The normalized spacial score (nSPS) is 25.9. The van der Waals surface area contributed by atoms with Crippen LogP contribution in [0.5, 0.6) is 5.75 Å². The lowest BCUT2D eigenvalue weighted by Crippen LogP contribution is -2.28. The number of hydrogen-bond acceptors (Lipinski definition) is 4. The molecule has 1 aliphatic carbocycles. The summed E-state index contributed by atoms with van der Waals surface area (Å²) >= 11 is 0. The van der Waals surface area contributed by atoms with Crippen molar-refractivity contribution in [2.45, 2.75) is 37.7 Å². The molecule has 0 bridgehead atoms. The fourth-order valence-electron chi connectivity index (χ4n) is 3.05. The van der Waals surface area contributed by atoms with Crippen LogP contribution >= 0.6 is 0 Å². The Morgan fingerprint density at radius 1 is 1.26 bits per heavy atom. The number of benzene rings is 1. The minimum Gasteiger partial charge on any atom is -0.497 e. The summed E-state index contributed by atoms with van der Waals surface area (Å²) in [4.78, 5) is 23.9. The standard InChI is InChI=1S/C15H16O4/c1-18-11-5-6-13-12(8-11)14(17)19-15(13)7-3-2-4-10(16)9-15/h5-6,8H,2-4,7,9H2,1H3. The molecule has 4 heteroatoms. The lowest BCUT2D eigenvalue weighted by atomic mass is 9.85. The summed E-state index contributed by atoms with van der Waals surface area (Å²) in [6, 6.07) is 5.37. The van der Waals surface area contributed by atoms with Gasteiger partial charge < -0.3 is 9.47 Å². The van der Waals surface area contributed by atoms with Crippen molar-refractivity contribution in [3.05, 3.63) is 29.3 Å². The minimum atomic E-state index is -0.730. The Balaban J connectivity index is 2.07. The summed E-state index contributed by atoms with van der Waals surface area (Å²) in [6.45, 7) is 0. The van der Waals surface area contributed by atoms with Gasteiger partial charge >= 0.3 is 5.97 Å². The topological polar surface area (TPSA) is 52.6 Å². The number of rotatable bonds is 1. The van der Waals surface area contributed by atoms with Gasteiger partial charge in [0.2, 0.25) is 0 Å². The molecule has 0 radical (unpaired) electrons. The van der Waals surface area contributed by atoms with Crippen LogP contribution in [0.1, 0.15) is 48.0 Å². The SMILES string of the molecule is COc1ccc2c(c1)C(=O)OC21CCCCC(=O)C1. The Labute approximate surface area is 111 Å². The first-order valence-corrected chi connectivity index (χ1v) is 6.58. The third-order valence-corrected chi connectivity index (χ3v) is 3.99. The van der Waals surface area contributed by atoms with E-state index in [1.807, 2.05) is 12.1 Å². The van der Waals surface area contributed by atoms with Gasteiger partial charge in [0.1, 0.15) is 17.1 Å². The van der Waals surface area contributed by atoms with E-state index in [1.54, 1.807) is 13.2 Å². The smallest absolute Gasteiger partial charge is 0.339 e. The quantitative estimate of drug-likeness (QED) is 0.728. The summed E-state index contributed by atoms with van der Waals surface area (Å²) in [7, 11) is 1.56. The van der Waals surface area contributed by atoms with Crippen molar-refractivity contribution in [1.82, 2.24) is 0 Å². The molecule has 0 amide bonds. The molecule has 1 saturated carbocycles. The number of methoxy groups -OCH3 is 1. The summed E-state index contributed by atoms with van der Waals surface area (Å²) < 4.78 is 10.7. The molecule has 100 valence electrons. The van der Waals surface area contributed by atoms with Crippen molar-refractivity contribution in [2.75, 3.05) is 7.11 Å². The Hall–Kier alpha value is -1.84. The first kappa shape index (κ1) is 12.2. The van der Waals surface area contributed by atoms with Crippen LogP contribution in [0.2, 0.25) is 0 Å². The molecule has 1 heterocycles. The molecule has 0 N–H and O–H groups in total. The van der Waals surface area contributed by atoms with Crippen molar-refractivity contribution in [3.63, 3.8) is 0 Å². The number of fused-ring (bicyclic) bond motifs is 2. The molecule has 1 fully saturated rings. The third-order valence-electron chi connectivity index (χ3n) is 3.99. The molecule has 2 aliphatic rings. The lowest BCUT2D eigenvalue weighted by Gasteiger charge is -2.26. The van der Waals surface area contributed by atoms with E-state index in [1.165, 1.54) is 0 Å². The highest BCUT2D eigenvalue weighted by Crippen LogP contribution is 2.45. The maximum atomic E-state index is 12.0. The van der Waals surface area contributed by atoms with Crippen molar-refractivity contribution in [3.8, 4) is 5.75 Å². The molecule has 1 aromatic carbocycles.